The second-order valence-electron chi connectivity index (χ2n) is 5.11. The lowest BCUT2D eigenvalue weighted by Crippen LogP contribution is -2.15. The van der Waals surface area contributed by atoms with Gasteiger partial charge in [0.2, 0.25) is 0 Å². The summed E-state index contributed by atoms with van der Waals surface area (Å²) in [5, 5.41) is 9.86. The molecule has 0 heterocycles. The van der Waals surface area contributed by atoms with E-state index in [-0.39, 0.29) is 12.2 Å². The third kappa shape index (κ3) is 5.17. The maximum Gasteiger partial charge on any atom is 0.164 e. The van der Waals surface area contributed by atoms with E-state index in [4.69, 9.17) is 4.74 Å². The van der Waals surface area contributed by atoms with Gasteiger partial charge in [-0.3, -0.25) is 0 Å². The predicted octanol–water partition coefficient (Wildman–Crippen LogP) is 4.23. The molecule has 0 bridgehead atoms. The molecule has 0 aliphatic heterocycles. The van der Waals surface area contributed by atoms with Crippen LogP contribution in [0.3, 0.4) is 0 Å². The Balaban J connectivity index is 2.42. The molecule has 2 unspecified atom stereocenters. The van der Waals surface area contributed by atoms with E-state index in [1.807, 2.05) is 0 Å². The number of ether oxygens (including phenoxy) is 1. The third-order valence-corrected chi connectivity index (χ3v) is 3.51. The molecule has 1 aromatic carbocycles. The summed E-state index contributed by atoms with van der Waals surface area (Å²) < 4.78 is 32.0. The van der Waals surface area contributed by atoms with Crippen molar-refractivity contribution in [3.05, 3.63) is 35.4 Å². The number of halogens is 2. The normalized spacial score (nSPS) is 14.2. The quantitative estimate of drug-likeness (QED) is 0.736. The van der Waals surface area contributed by atoms with E-state index in [9.17, 15) is 13.9 Å². The molecule has 114 valence electrons. The summed E-state index contributed by atoms with van der Waals surface area (Å²) >= 11 is 0. The zero-order chi connectivity index (χ0) is 15.0. The molecular weight excluding hydrogens is 262 g/mol. The zero-order valence-corrected chi connectivity index (χ0v) is 12.2. The van der Waals surface area contributed by atoms with E-state index in [0.717, 1.165) is 31.7 Å². The van der Waals surface area contributed by atoms with Crippen LogP contribution in [0.15, 0.2) is 18.2 Å². The van der Waals surface area contributed by atoms with Crippen LogP contribution in [0.1, 0.15) is 51.2 Å². The average Bonchev–Trinajstić information content (AvgIpc) is 2.45. The Labute approximate surface area is 119 Å². The van der Waals surface area contributed by atoms with E-state index in [1.54, 1.807) is 0 Å². The molecule has 0 saturated carbocycles. The predicted molar refractivity (Wildman–Crippen MR) is 75.4 cm³/mol. The third-order valence-electron chi connectivity index (χ3n) is 3.51. The van der Waals surface area contributed by atoms with Crippen LogP contribution in [0, 0.1) is 17.6 Å². The van der Waals surface area contributed by atoms with Gasteiger partial charge in [0.25, 0.3) is 0 Å². The lowest BCUT2D eigenvalue weighted by molar-refractivity contribution is 0.0164. The molecule has 0 aliphatic rings. The van der Waals surface area contributed by atoms with Gasteiger partial charge in [0.15, 0.2) is 11.6 Å². The van der Waals surface area contributed by atoms with E-state index >= 15 is 0 Å². The van der Waals surface area contributed by atoms with Gasteiger partial charge in [0.05, 0.1) is 6.61 Å². The van der Waals surface area contributed by atoms with Gasteiger partial charge in [-0.15, -0.1) is 0 Å². The Morgan fingerprint density at radius 2 is 1.95 bits per heavy atom. The molecule has 0 saturated heterocycles. The monoisotopic (exact) mass is 286 g/mol. The van der Waals surface area contributed by atoms with Crippen molar-refractivity contribution in [1.29, 1.82) is 0 Å². The van der Waals surface area contributed by atoms with Crippen LogP contribution in [0.4, 0.5) is 8.78 Å². The summed E-state index contributed by atoms with van der Waals surface area (Å²) in [7, 11) is 0. The number of hydrogen-bond acceptors (Lipinski definition) is 2. The van der Waals surface area contributed by atoms with Gasteiger partial charge < -0.3 is 9.84 Å². The lowest BCUT2D eigenvalue weighted by atomic mass is 10.0. The molecule has 0 spiro atoms. The summed E-state index contributed by atoms with van der Waals surface area (Å²) in [4.78, 5) is 0. The summed E-state index contributed by atoms with van der Waals surface area (Å²) in [5.41, 5.74) is -0.0494. The van der Waals surface area contributed by atoms with Crippen molar-refractivity contribution in [1.82, 2.24) is 0 Å². The smallest absolute Gasteiger partial charge is 0.164 e. The molecule has 0 aromatic heterocycles. The first-order valence-electron chi connectivity index (χ1n) is 7.29. The Bertz CT molecular complexity index is 396. The molecule has 0 amide bonds. The highest BCUT2D eigenvalue weighted by atomic mass is 19.2. The second-order valence-corrected chi connectivity index (χ2v) is 5.11. The highest BCUT2D eigenvalue weighted by molar-refractivity contribution is 5.21. The van der Waals surface area contributed by atoms with Crippen LogP contribution in [0.25, 0.3) is 0 Å². The maximum absolute atomic E-state index is 13.5. The molecule has 2 nitrogen and oxygen atoms in total. The fourth-order valence-electron chi connectivity index (χ4n) is 2.11. The van der Waals surface area contributed by atoms with Crippen LogP contribution in [0.5, 0.6) is 0 Å². The van der Waals surface area contributed by atoms with E-state index < -0.39 is 17.7 Å². The van der Waals surface area contributed by atoms with Gasteiger partial charge in [-0.2, -0.15) is 0 Å². The minimum atomic E-state index is -1.13. The largest absolute Gasteiger partial charge is 0.386 e. The number of benzene rings is 1. The molecule has 0 radical (unpaired) electrons. The fraction of sp³-hybridized carbons (Fsp3) is 0.625. The second kappa shape index (κ2) is 9.03. The number of rotatable bonds is 9. The first kappa shape index (κ1) is 17.1. The van der Waals surface area contributed by atoms with E-state index in [1.165, 1.54) is 12.1 Å². The Morgan fingerprint density at radius 3 is 2.60 bits per heavy atom. The van der Waals surface area contributed by atoms with Crippen molar-refractivity contribution in [3.8, 4) is 0 Å². The zero-order valence-electron chi connectivity index (χ0n) is 12.2. The first-order valence-corrected chi connectivity index (χ1v) is 7.29. The minimum absolute atomic E-state index is 0.0109. The Kier molecular flexibility index (Phi) is 7.70. The number of hydrogen-bond donors (Lipinski definition) is 1. The van der Waals surface area contributed by atoms with Crippen LogP contribution in [0.2, 0.25) is 0 Å². The van der Waals surface area contributed by atoms with Crippen molar-refractivity contribution >= 4 is 0 Å². The van der Waals surface area contributed by atoms with Crippen molar-refractivity contribution in [2.24, 2.45) is 5.92 Å². The van der Waals surface area contributed by atoms with E-state index in [0.29, 0.717) is 12.5 Å². The van der Waals surface area contributed by atoms with Crippen LogP contribution < -0.4 is 0 Å². The molecule has 0 aliphatic carbocycles. The van der Waals surface area contributed by atoms with Gasteiger partial charge in [0, 0.05) is 12.2 Å². The Hall–Kier alpha value is -1.00. The molecule has 1 aromatic rings. The average molecular weight is 286 g/mol. The fourth-order valence-corrected chi connectivity index (χ4v) is 2.11. The molecule has 2 atom stereocenters. The molecule has 0 fully saturated rings. The Morgan fingerprint density at radius 1 is 1.20 bits per heavy atom. The summed E-state index contributed by atoms with van der Waals surface area (Å²) in [6.07, 6.45) is 3.28. The summed E-state index contributed by atoms with van der Waals surface area (Å²) in [6.45, 7) is 4.78. The highest BCUT2D eigenvalue weighted by Crippen LogP contribution is 2.20. The van der Waals surface area contributed by atoms with Crippen molar-refractivity contribution in [2.75, 3.05) is 13.2 Å². The van der Waals surface area contributed by atoms with E-state index in [2.05, 4.69) is 13.8 Å². The molecule has 1 rings (SSSR count). The standard InChI is InChI=1S/C16H24F2O2/c1-3-5-7-12(4-2)10-20-11-15(19)13-8-6-9-14(17)16(13)18/h6,8-9,12,15,19H,3-5,7,10-11H2,1-2H3. The molecular formula is C16H24F2O2. The minimum Gasteiger partial charge on any atom is -0.386 e. The van der Waals surface area contributed by atoms with Crippen LogP contribution in [-0.4, -0.2) is 18.3 Å². The molecule has 20 heavy (non-hydrogen) atoms. The topological polar surface area (TPSA) is 29.5 Å². The van der Waals surface area contributed by atoms with Gasteiger partial charge in [-0.25, -0.2) is 8.78 Å². The van der Waals surface area contributed by atoms with Crippen LogP contribution in [-0.2, 0) is 4.74 Å². The summed E-state index contributed by atoms with van der Waals surface area (Å²) in [6, 6.07) is 3.79. The van der Waals surface area contributed by atoms with Crippen molar-refractivity contribution < 1.29 is 18.6 Å². The van der Waals surface area contributed by atoms with Gasteiger partial charge in [-0.1, -0.05) is 45.2 Å². The van der Waals surface area contributed by atoms with Crippen LogP contribution >= 0.6 is 0 Å². The number of aliphatic hydroxyl groups is 1. The number of unbranched alkanes of at least 4 members (excludes halogenated alkanes) is 1. The summed E-state index contributed by atoms with van der Waals surface area (Å²) in [5.74, 6) is -1.49. The van der Waals surface area contributed by atoms with Gasteiger partial charge >= 0.3 is 0 Å². The first-order chi connectivity index (χ1) is 9.60. The highest BCUT2D eigenvalue weighted by Gasteiger charge is 2.16. The molecule has 4 heteroatoms. The van der Waals surface area contributed by atoms with Gasteiger partial charge in [0.1, 0.15) is 6.10 Å². The van der Waals surface area contributed by atoms with Gasteiger partial charge in [-0.05, 0) is 18.4 Å². The maximum atomic E-state index is 13.5. The number of aliphatic hydroxyl groups excluding tert-OH is 1. The SMILES string of the molecule is CCCCC(CC)COCC(O)c1cccc(F)c1F. The molecule has 1 N–H and O–H groups in total. The lowest BCUT2D eigenvalue weighted by Gasteiger charge is -2.17. The van der Waals surface area contributed by atoms with Crippen molar-refractivity contribution in [2.45, 2.75) is 45.6 Å². The van der Waals surface area contributed by atoms with Crippen molar-refractivity contribution in [3.63, 3.8) is 0 Å².